The minimum Gasteiger partial charge on any atom is -0.355 e. The smallest absolute Gasteiger partial charge is 0.251 e. The van der Waals surface area contributed by atoms with Crippen molar-refractivity contribution in [1.82, 2.24) is 20.4 Å². The standard InChI is InChI=1S/C19H19N5O3/c1-20-19(26)13-6-5-7-14(12-13)24(2)17(25)10-9-16-22-18(23-27-16)15-8-3-4-11-21-15/h3-8,11-12H,9-10H2,1-2H3,(H,20,26). The van der Waals surface area contributed by atoms with Crippen LogP contribution in [0, 0.1) is 0 Å². The molecular weight excluding hydrogens is 346 g/mol. The third kappa shape index (κ3) is 4.35. The lowest BCUT2D eigenvalue weighted by Crippen LogP contribution is -2.27. The third-order valence-electron chi connectivity index (χ3n) is 4.01. The fraction of sp³-hybridized carbons (Fsp3) is 0.211. The zero-order chi connectivity index (χ0) is 19.2. The van der Waals surface area contributed by atoms with E-state index in [-0.39, 0.29) is 18.2 Å². The Balaban J connectivity index is 1.62. The summed E-state index contributed by atoms with van der Waals surface area (Å²) in [6.07, 6.45) is 2.17. The number of amides is 2. The molecule has 1 aromatic carbocycles. The summed E-state index contributed by atoms with van der Waals surface area (Å²) in [4.78, 5) is 34.1. The molecule has 0 fully saturated rings. The minimum atomic E-state index is -0.203. The summed E-state index contributed by atoms with van der Waals surface area (Å²) in [5.74, 6) is 0.438. The van der Waals surface area contributed by atoms with E-state index in [1.807, 2.05) is 6.07 Å². The van der Waals surface area contributed by atoms with E-state index in [4.69, 9.17) is 4.52 Å². The first-order valence-electron chi connectivity index (χ1n) is 8.41. The highest BCUT2D eigenvalue weighted by molar-refractivity contribution is 5.97. The Morgan fingerprint density at radius 1 is 1.19 bits per heavy atom. The molecule has 2 aromatic heterocycles. The summed E-state index contributed by atoms with van der Waals surface area (Å²) in [5.41, 5.74) is 1.74. The van der Waals surface area contributed by atoms with Crippen molar-refractivity contribution in [3.8, 4) is 11.5 Å². The molecule has 0 bridgehead atoms. The fourth-order valence-corrected chi connectivity index (χ4v) is 2.48. The van der Waals surface area contributed by atoms with Crippen molar-refractivity contribution >= 4 is 17.5 Å². The first-order valence-corrected chi connectivity index (χ1v) is 8.41. The molecule has 138 valence electrons. The van der Waals surface area contributed by atoms with Crippen LogP contribution in [0.1, 0.15) is 22.7 Å². The van der Waals surface area contributed by atoms with Gasteiger partial charge >= 0.3 is 0 Å². The average Bonchev–Trinajstić information content (AvgIpc) is 3.20. The number of aryl methyl sites for hydroxylation is 1. The molecule has 1 N–H and O–H groups in total. The van der Waals surface area contributed by atoms with Crippen LogP contribution in [0.3, 0.4) is 0 Å². The van der Waals surface area contributed by atoms with Crippen LogP contribution in [-0.4, -0.2) is 41.0 Å². The summed E-state index contributed by atoms with van der Waals surface area (Å²) >= 11 is 0. The molecule has 8 nitrogen and oxygen atoms in total. The zero-order valence-corrected chi connectivity index (χ0v) is 15.0. The number of anilines is 1. The molecule has 0 aliphatic heterocycles. The maximum absolute atomic E-state index is 12.5. The molecule has 3 rings (SSSR count). The van der Waals surface area contributed by atoms with Gasteiger partial charge in [-0.25, -0.2) is 0 Å². The van der Waals surface area contributed by atoms with Gasteiger partial charge in [-0.2, -0.15) is 4.98 Å². The fourth-order valence-electron chi connectivity index (χ4n) is 2.48. The normalized spacial score (nSPS) is 10.4. The highest BCUT2D eigenvalue weighted by Crippen LogP contribution is 2.17. The van der Waals surface area contributed by atoms with Crippen LogP contribution in [0.5, 0.6) is 0 Å². The number of carbonyl (C=O) groups is 2. The molecule has 0 aliphatic carbocycles. The molecule has 0 atom stereocenters. The molecule has 2 amide bonds. The third-order valence-corrected chi connectivity index (χ3v) is 4.01. The van der Waals surface area contributed by atoms with Crippen molar-refractivity contribution in [3.05, 3.63) is 60.1 Å². The van der Waals surface area contributed by atoms with Crippen LogP contribution in [-0.2, 0) is 11.2 Å². The number of hydrogen-bond donors (Lipinski definition) is 1. The molecule has 3 aromatic rings. The SMILES string of the molecule is CNC(=O)c1cccc(N(C)C(=O)CCc2nc(-c3ccccn3)no2)c1. The molecule has 0 spiro atoms. The van der Waals surface area contributed by atoms with E-state index in [1.165, 1.54) is 4.90 Å². The molecule has 0 aliphatic rings. The maximum atomic E-state index is 12.5. The molecule has 0 saturated heterocycles. The predicted molar refractivity (Wildman–Crippen MR) is 99.1 cm³/mol. The van der Waals surface area contributed by atoms with Gasteiger partial charge in [0, 0.05) is 44.4 Å². The second-order valence-electron chi connectivity index (χ2n) is 5.81. The van der Waals surface area contributed by atoms with Crippen LogP contribution in [0.15, 0.2) is 53.2 Å². The number of nitrogens with one attached hydrogen (secondary N) is 1. The average molecular weight is 365 g/mol. The zero-order valence-electron chi connectivity index (χ0n) is 15.0. The summed E-state index contributed by atoms with van der Waals surface area (Å²) in [5, 5.41) is 6.45. The Bertz CT molecular complexity index is 939. The first-order chi connectivity index (χ1) is 13.1. The summed E-state index contributed by atoms with van der Waals surface area (Å²) in [7, 11) is 3.23. The molecular formula is C19H19N5O3. The van der Waals surface area contributed by atoms with Crippen LogP contribution >= 0.6 is 0 Å². The van der Waals surface area contributed by atoms with Gasteiger partial charge in [0.2, 0.25) is 17.6 Å². The lowest BCUT2D eigenvalue weighted by atomic mass is 10.1. The van der Waals surface area contributed by atoms with E-state index in [0.29, 0.717) is 35.1 Å². The molecule has 0 unspecified atom stereocenters. The van der Waals surface area contributed by atoms with Gasteiger partial charge in [0.05, 0.1) is 0 Å². The summed E-state index contributed by atoms with van der Waals surface area (Å²) in [6.45, 7) is 0. The van der Waals surface area contributed by atoms with E-state index < -0.39 is 0 Å². The van der Waals surface area contributed by atoms with Crippen molar-refractivity contribution in [2.24, 2.45) is 0 Å². The number of aromatic nitrogens is 3. The van der Waals surface area contributed by atoms with Crippen LogP contribution in [0.4, 0.5) is 5.69 Å². The van der Waals surface area contributed by atoms with Gasteiger partial charge in [-0.15, -0.1) is 0 Å². The molecule has 27 heavy (non-hydrogen) atoms. The highest BCUT2D eigenvalue weighted by Gasteiger charge is 2.16. The second kappa shape index (κ2) is 8.22. The quantitative estimate of drug-likeness (QED) is 0.718. The van der Waals surface area contributed by atoms with Crippen LogP contribution in [0.25, 0.3) is 11.5 Å². The van der Waals surface area contributed by atoms with Gasteiger partial charge in [0.25, 0.3) is 5.91 Å². The van der Waals surface area contributed by atoms with Crippen LogP contribution < -0.4 is 10.2 Å². The molecule has 0 radical (unpaired) electrons. The molecule has 2 heterocycles. The maximum Gasteiger partial charge on any atom is 0.251 e. The van der Waals surface area contributed by atoms with Crippen molar-refractivity contribution < 1.29 is 14.1 Å². The van der Waals surface area contributed by atoms with Gasteiger partial charge in [-0.1, -0.05) is 17.3 Å². The van der Waals surface area contributed by atoms with E-state index in [2.05, 4.69) is 20.4 Å². The van der Waals surface area contributed by atoms with Gasteiger partial charge in [0.15, 0.2) is 0 Å². The topological polar surface area (TPSA) is 101 Å². The number of pyridine rings is 1. The lowest BCUT2D eigenvalue weighted by Gasteiger charge is -2.17. The van der Waals surface area contributed by atoms with Gasteiger partial charge in [0.1, 0.15) is 5.69 Å². The van der Waals surface area contributed by atoms with Gasteiger partial charge in [-0.3, -0.25) is 14.6 Å². The predicted octanol–water partition coefficient (Wildman–Crippen LogP) is 2.09. The monoisotopic (exact) mass is 365 g/mol. The number of carbonyl (C=O) groups excluding carboxylic acids is 2. The Hall–Kier alpha value is -3.55. The Labute approximate surface area is 156 Å². The van der Waals surface area contributed by atoms with Crippen molar-refractivity contribution in [1.29, 1.82) is 0 Å². The lowest BCUT2D eigenvalue weighted by molar-refractivity contribution is -0.118. The Morgan fingerprint density at radius 3 is 2.78 bits per heavy atom. The second-order valence-corrected chi connectivity index (χ2v) is 5.81. The number of benzene rings is 1. The van der Waals surface area contributed by atoms with E-state index in [1.54, 1.807) is 56.7 Å². The van der Waals surface area contributed by atoms with Crippen molar-refractivity contribution in [2.75, 3.05) is 19.0 Å². The first kappa shape index (κ1) is 18.2. The summed E-state index contributed by atoms with van der Waals surface area (Å²) in [6, 6.07) is 12.3. The largest absolute Gasteiger partial charge is 0.355 e. The van der Waals surface area contributed by atoms with E-state index >= 15 is 0 Å². The van der Waals surface area contributed by atoms with E-state index in [0.717, 1.165) is 0 Å². The van der Waals surface area contributed by atoms with Crippen LogP contribution in [0.2, 0.25) is 0 Å². The molecule has 0 saturated carbocycles. The Kier molecular flexibility index (Phi) is 5.55. The number of rotatable bonds is 6. The Morgan fingerprint density at radius 2 is 2.04 bits per heavy atom. The summed E-state index contributed by atoms with van der Waals surface area (Å²) < 4.78 is 5.20. The molecule has 8 heteroatoms. The highest BCUT2D eigenvalue weighted by atomic mass is 16.5. The van der Waals surface area contributed by atoms with Gasteiger partial charge < -0.3 is 14.7 Å². The van der Waals surface area contributed by atoms with Crippen molar-refractivity contribution in [2.45, 2.75) is 12.8 Å². The number of hydrogen-bond acceptors (Lipinski definition) is 6. The van der Waals surface area contributed by atoms with Gasteiger partial charge in [-0.05, 0) is 30.3 Å². The van der Waals surface area contributed by atoms with E-state index in [9.17, 15) is 9.59 Å². The van der Waals surface area contributed by atoms with Crippen molar-refractivity contribution in [3.63, 3.8) is 0 Å². The minimum absolute atomic E-state index is 0.123. The number of nitrogens with zero attached hydrogens (tertiary/aromatic N) is 4.